The molecule has 0 bridgehead atoms. The minimum absolute atomic E-state index is 0.653. The van der Waals surface area contributed by atoms with Gasteiger partial charge in [0, 0.05) is 49.2 Å². The van der Waals surface area contributed by atoms with Gasteiger partial charge < -0.3 is 15.5 Å². The second-order valence-corrected chi connectivity index (χ2v) is 11.3. The van der Waals surface area contributed by atoms with Crippen LogP contribution in [0.3, 0.4) is 0 Å². The number of hydrogen-bond acceptors (Lipinski definition) is 4. The molecule has 0 unspecified atom stereocenters. The topological polar surface area (TPSA) is 39.7 Å². The molecule has 2 saturated carbocycles. The first-order chi connectivity index (χ1) is 18.1. The van der Waals surface area contributed by atoms with Crippen molar-refractivity contribution in [2.24, 2.45) is 4.99 Å². The van der Waals surface area contributed by atoms with Crippen LogP contribution in [0.15, 0.2) is 41.3 Å². The fraction of sp³-hybridized carbons (Fsp3) is 0.667. The number of benzene rings is 1. The molecule has 0 atom stereocenters. The van der Waals surface area contributed by atoms with Crippen molar-refractivity contribution < 1.29 is 0 Å². The summed E-state index contributed by atoms with van der Waals surface area (Å²) in [6.07, 6.45) is 19.2. The number of hydrogen-bond donors (Lipinski definition) is 2. The van der Waals surface area contributed by atoms with Crippen molar-refractivity contribution in [1.29, 1.82) is 0 Å². The fourth-order valence-corrected chi connectivity index (χ4v) is 5.93. The number of allylic oxidation sites excluding steroid dienone is 2. The van der Waals surface area contributed by atoms with Gasteiger partial charge in [0.2, 0.25) is 0 Å². The third kappa shape index (κ3) is 9.02. The normalized spacial score (nSPS) is 19.0. The standard InChI is InChI=1S/C30H46N4.C3H8/c1-4-5-18-31-24(3)32-21-30-23(2)34(28-14-10-7-11-15-28)22-26-19-25(16-17-29(26)30)20-33-27-12-8-6-9-13-27;1-3-2/h16-17,19,21,27-28,31,33H,3-15,18,20,22H2,1-2H3;3H2,1-2H3/b32-21-;. The average Bonchev–Trinajstić information content (AvgIpc) is 2.93. The van der Waals surface area contributed by atoms with Crippen LogP contribution in [0.2, 0.25) is 0 Å². The molecule has 0 saturated heterocycles. The van der Waals surface area contributed by atoms with E-state index >= 15 is 0 Å². The van der Waals surface area contributed by atoms with Gasteiger partial charge in [-0.15, -0.1) is 0 Å². The van der Waals surface area contributed by atoms with Gasteiger partial charge in [-0.1, -0.05) is 96.9 Å². The maximum atomic E-state index is 4.74. The quantitative estimate of drug-likeness (QED) is 0.247. The zero-order valence-corrected chi connectivity index (χ0v) is 24.4. The van der Waals surface area contributed by atoms with Crippen LogP contribution in [0, 0.1) is 0 Å². The van der Waals surface area contributed by atoms with Crippen LogP contribution in [0.1, 0.15) is 128 Å². The Bertz CT molecular complexity index is 888. The summed E-state index contributed by atoms with van der Waals surface area (Å²) in [6.45, 7) is 15.8. The van der Waals surface area contributed by atoms with Gasteiger partial charge in [0.25, 0.3) is 0 Å². The molecular formula is C33H54N4. The predicted octanol–water partition coefficient (Wildman–Crippen LogP) is 8.34. The molecular weight excluding hydrogens is 452 g/mol. The van der Waals surface area contributed by atoms with Gasteiger partial charge in [-0.25, -0.2) is 4.99 Å². The molecule has 0 amide bonds. The van der Waals surface area contributed by atoms with Crippen molar-refractivity contribution in [3.8, 4) is 0 Å². The van der Waals surface area contributed by atoms with E-state index in [-0.39, 0.29) is 0 Å². The molecule has 1 aliphatic heterocycles. The first kappa shape index (κ1) is 29.5. The lowest BCUT2D eigenvalue weighted by atomic mass is 9.88. The SMILES string of the molecule is C=C(/N=C\C1=C(C)N(C2CCCCC2)Cc2cc(CNC3CCCCC3)ccc21)NCCCC.CCC. The third-order valence-electron chi connectivity index (χ3n) is 8.05. The van der Waals surface area contributed by atoms with Gasteiger partial charge in [-0.3, -0.25) is 0 Å². The number of fused-ring (bicyclic) bond motifs is 1. The number of aliphatic imine (C=N–C) groups is 1. The highest BCUT2D eigenvalue weighted by Crippen LogP contribution is 2.36. The van der Waals surface area contributed by atoms with Crippen LogP contribution >= 0.6 is 0 Å². The lowest BCUT2D eigenvalue weighted by molar-refractivity contribution is 0.191. The summed E-state index contributed by atoms with van der Waals surface area (Å²) in [4.78, 5) is 7.42. The molecule has 1 aromatic rings. The first-order valence-corrected chi connectivity index (χ1v) is 15.4. The minimum atomic E-state index is 0.653. The second kappa shape index (κ2) is 16.0. The number of nitrogens with zero attached hydrogens (tertiary/aromatic N) is 2. The molecule has 0 aromatic heterocycles. The lowest BCUT2D eigenvalue weighted by Crippen LogP contribution is -2.37. The van der Waals surface area contributed by atoms with Crippen molar-refractivity contribution in [1.82, 2.24) is 15.5 Å². The lowest BCUT2D eigenvalue weighted by Gasteiger charge is -2.41. The molecule has 2 aliphatic carbocycles. The highest BCUT2D eigenvalue weighted by Gasteiger charge is 2.28. The Morgan fingerprint density at radius 2 is 1.70 bits per heavy atom. The van der Waals surface area contributed by atoms with Gasteiger partial charge in [0.1, 0.15) is 5.82 Å². The van der Waals surface area contributed by atoms with Crippen molar-refractivity contribution in [2.45, 2.75) is 136 Å². The van der Waals surface area contributed by atoms with E-state index in [1.807, 2.05) is 0 Å². The number of unbranched alkanes of at least 4 members (excludes halogenated alkanes) is 1. The summed E-state index contributed by atoms with van der Waals surface area (Å²) in [5, 5.41) is 7.19. The largest absolute Gasteiger partial charge is 0.371 e. The maximum absolute atomic E-state index is 4.74. The third-order valence-corrected chi connectivity index (χ3v) is 8.05. The Balaban J connectivity index is 0.00000121. The summed E-state index contributed by atoms with van der Waals surface area (Å²) in [7, 11) is 0. The van der Waals surface area contributed by atoms with Crippen molar-refractivity contribution in [3.05, 3.63) is 53.0 Å². The van der Waals surface area contributed by atoms with Crippen LogP contribution in [0.4, 0.5) is 0 Å². The molecule has 0 spiro atoms. The Morgan fingerprint density at radius 3 is 2.38 bits per heavy atom. The zero-order chi connectivity index (χ0) is 26.5. The summed E-state index contributed by atoms with van der Waals surface area (Å²) in [5.41, 5.74) is 6.84. The number of rotatable bonds is 10. The van der Waals surface area contributed by atoms with Crippen LogP contribution in [-0.4, -0.2) is 29.7 Å². The Labute approximate surface area is 228 Å². The Kier molecular flexibility index (Phi) is 12.8. The average molecular weight is 507 g/mol. The molecule has 2 N–H and O–H groups in total. The molecule has 1 heterocycles. The van der Waals surface area contributed by atoms with Gasteiger partial charge >= 0.3 is 0 Å². The molecule has 1 aromatic carbocycles. The summed E-state index contributed by atoms with van der Waals surface area (Å²) in [6, 6.07) is 8.46. The predicted molar refractivity (Wildman–Crippen MR) is 162 cm³/mol. The molecule has 4 nitrogen and oxygen atoms in total. The highest BCUT2D eigenvalue weighted by molar-refractivity contribution is 6.12. The first-order valence-electron chi connectivity index (χ1n) is 15.4. The van der Waals surface area contributed by atoms with E-state index in [1.165, 1.54) is 105 Å². The zero-order valence-electron chi connectivity index (χ0n) is 24.4. The van der Waals surface area contributed by atoms with E-state index in [1.54, 1.807) is 0 Å². The second-order valence-electron chi connectivity index (χ2n) is 11.3. The molecule has 206 valence electrons. The molecule has 4 rings (SSSR count). The molecule has 37 heavy (non-hydrogen) atoms. The van der Waals surface area contributed by atoms with E-state index in [9.17, 15) is 0 Å². The van der Waals surface area contributed by atoms with Crippen LogP contribution in [-0.2, 0) is 13.1 Å². The van der Waals surface area contributed by atoms with Gasteiger partial charge in [-0.2, -0.15) is 0 Å². The van der Waals surface area contributed by atoms with Crippen LogP contribution in [0.25, 0.3) is 5.57 Å². The molecule has 3 aliphatic rings. The van der Waals surface area contributed by atoms with Crippen LogP contribution < -0.4 is 10.6 Å². The summed E-state index contributed by atoms with van der Waals surface area (Å²) in [5.74, 6) is 0.762. The van der Waals surface area contributed by atoms with E-state index in [0.717, 1.165) is 31.9 Å². The summed E-state index contributed by atoms with van der Waals surface area (Å²) < 4.78 is 0. The van der Waals surface area contributed by atoms with Crippen molar-refractivity contribution >= 4 is 11.8 Å². The summed E-state index contributed by atoms with van der Waals surface area (Å²) >= 11 is 0. The van der Waals surface area contributed by atoms with E-state index in [0.29, 0.717) is 12.1 Å². The maximum Gasteiger partial charge on any atom is 0.118 e. The molecule has 0 radical (unpaired) electrons. The molecule has 2 fully saturated rings. The van der Waals surface area contributed by atoms with E-state index < -0.39 is 0 Å². The van der Waals surface area contributed by atoms with Crippen molar-refractivity contribution in [2.75, 3.05) is 6.54 Å². The Hall–Kier alpha value is -2.07. The van der Waals surface area contributed by atoms with E-state index in [4.69, 9.17) is 4.99 Å². The smallest absolute Gasteiger partial charge is 0.118 e. The monoisotopic (exact) mass is 506 g/mol. The van der Waals surface area contributed by atoms with Crippen LogP contribution in [0.5, 0.6) is 0 Å². The van der Waals surface area contributed by atoms with Gasteiger partial charge in [0.15, 0.2) is 0 Å². The minimum Gasteiger partial charge on any atom is -0.371 e. The highest BCUT2D eigenvalue weighted by atomic mass is 15.2. The Morgan fingerprint density at radius 1 is 1.03 bits per heavy atom. The van der Waals surface area contributed by atoms with Gasteiger partial charge in [0.05, 0.1) is 0 Å². The fourth-order valence-electron chi connectivity index (χ4n) is 5.93. The van der Waals surface area contributed by atoms with Crippen molar-refractivity contribution in [3.63, 3.8) is 0 Å². The molecule has 4 heteroatoms. The van der Waals surface area contributed by atoms with Gasteiger partial charge in [-0.05, 0) is 55.7 Å². The number of nitrogens with one attached hydrogen (secondary N) is 2. The van der Waals surface area contributed by atoms with E-state index in [2.05, 4.69) is 74.2 Å².